The third kappa shape index (κ3) is 5.20. The molecule has 33 heavy (non-hydrogen) atoms. The quantitative estimate of drug-likeness (QED) is 0.412. The predicted molar refractivity (Wildman–Crippen MR) is 130 cm³/mol. The van der Waals surface area contributed by atoms with E-state index in [1.807, 2.05) is 47.0 Å². The fraction of sp³-hybridized carbons (Fsp3) is 0.320. The second-order valence-corrected chi connectivity index (χ2v) is 8.79. The van der Waals surface area contributed by atoms with Crippen molar-refractivity contribution in [3.63, 3.8) is 0 Å². The van der Waals surface area contributed by atoms with Gasteiger partial charge in [-0.15, -0.1) is 0 Å². The van der Waals surface area contributed by atoms with Gasteiger partial charge in [-0.3, -0.25) is 9.59 Å². The third-order valence-electron chi connectivity index (χ3n) is 6.25. The van der Waals surface area contributed by atoms with Gasteiger partial charge in [0.1, 0.15) is 12.3 Å². The highest BCUT2D eigenvalue weighted by Gasteiger charge is 2.22. The molecule has 0 spiro atoms. The van der Waals surface area contributed by atoms with Gasteiger partial charge in [-0.25, -0.2) is 5.43 Å². The molecule has 0 bridgehead atoms. The number of hydrazone groups is 1. The van der Waals surface area contributed by atoms with Crippen LogP contribution in [0.4, 0.5) is 0 Å². The van der Waals surface area contributed by atoms with Crippen molar-refractivity contribution in [2.75, 3.05) is 7.05 Å². The minimum atomic E-state index is -0.436. The Morgan fingerprint density at radius 1 is 1.21 bits per heavy atom. The maximum Gasteiger partial charge on any atom is 0.271 e. The Morgan fingerprint density at radius 3 is 2.76 bits per heavy atom. The van der Waals surface area contributed by atoms with Gasteiger partial charge in [0, 0.05) is 41.3 Å². The molecule has 2 amide bonds. The van der Waals surface area contributed by atoms with Gasteiger partial charge >= 0.3 is 0 Å². The van der Waals surface area contributed by atoms with E-state index in [0.717, 1.165) is 29.3 Å². The number of hydrogen-bond acceptors (Lipinski definition) is 4. The number of aromatic nitrogens is 1. The molecular weight excluding hydrogens is 440 g/mol. The summed E-state index contributed by atoms with van der Waals surface area (Å²) < 4.78 is 1.95. The van der Waals surface area contributed by atoms with Crippen LogP contribution in [0.3, 0.4) is 0 Å². The molecule has 1 heterocycles. The average molecular weight is 467 g/mol. The molecule has 1 fully saturated rings. The molecule has 1 saturated carbocycles. The second kappa shape index (κ2) is 10.1. The lowest BCUT2D eigenvalue weighted by Gasteiger charge is -2.31. The largest absolute Gasteiger partial charge is 0.506 e. The number of hydrogen-bond donors (Lipinski definition) is 2. The van der Waals surface area contributed by atoms with E-state index in [1.165, 1.54) is 37.5 Å². The highest BCUT2D eigenvalue weighted by molar-refractivity contribution is 6.32. The van der Waals surface area contributed by atoms with E-state index in [2.05, 4.69) is 10.5 Å². The van der Waals surface area contributed by atoms with Crippen molar-refractivity contribution < 1.29 is 14.7 Å². The van der Waals surface area contributed by atoms with Crippen LogP contribution < -0.4 is 5.43 Å². The van der Waals surface area contributed by atoms with Gasteiger partial charge in [0.15, 0.2) is 0 Å². The average Bonchev–Trinajstić information content (AvgIpc) is 3.24. The molecule has 3 aromatic rings. The third-order valence-corrected chi connectivity index (χ3v) is 6.55. The Balaban J connectivity index is 1.44. The topological polar surface area (TPSA) is 86.9 Å². The number of fused-ring (bicyclic) bond motifs is 1. The summed E-state index contributed by atoms with van der Waals surface area (Å²) in [7, 11) is 1.91. The van der Waals surface area contributed by atoms with Crippen LogP contribution in [0.25, 0.3) is 10.9 Å². The number of rotatable bonds is 6. The molecule has 0 aliphatic heterocycles. The zero-order valence-corrected chi connectivity index (χ0v) is 19.3. The Morgan fingerprint density at radius 2 is 2.00 bits per heavy atom. The first-order chi connectivity index (χ1) is 15.9. The minimum absolute atomic E-state index is 0.0867. The maximum absolute atomic E-state index is 12.9. The molecule has 1 aromatic heterocycles. The van der Waals surface area contributed by atoms with Gasteiger partial charge in [0.25, 0.3) is 5.91 Å². The Labute approximate surface area is 197 Å². The van der Waals surface area contributed by atoms with Crippen molar-refractivity contribution in [1.82, 2.24) is 14.9 Å². The van der Waals surface area contributed by atoms with E-state index in [9.17, 15) is 14.7 Å². The summed E-state index contributed by atoms with van der Waals surface area (Å²) >= 11 is 5.86. The van der Waals surface area contributed by atoms with Crippen LogP contribution in [0.15, 0.2) is 53.8 Å². The van der Waals surface area contributed by atoms with E-state index >= 15 is 0 Å². The summed E-state index contributed by atoms with van der Waals surface area (Å²) in [5.74, 6) is -0.413. The number of nitrogens with one attached hydrogen (secondary N) is 1. The molecule has 172 valence electrons. The zero-order valence-electron chi connectivity index (χ0n) is 18.5. The van der Waals surface area contributed by atoms with Gasteiger partial charge < -0.3 is 14.6 Å². The van der Waals surface area contributed by atoms with Crippen molar-refractivity contribution in [2.45, 2.75) is 44.7 Å². The van der Waals surface area contributed by atoms with E-state index in [0.29, 0.717) is 11.6 Å². The number of benzene rings is 2. The van der Waals surface area contributed by atoms with E-state index in [1.54, 1.807) is 6.21 Å². The van der Waals surface area contributed by atoms with E-state index in [-0.39, 0.29) is 23.2 Å². The molecule has 1 aliphatic rings. The molecule has 0 saturated heterocycles. The van der Waals surface area contributed by atoms with Crippen molar-refractivity contribution in [3.8, 4) is 5.75 Å². The van der Waals surface area contributed by atoms with Gasteiger partial charge in [0.05, 0.1) is 11.2 Å². The molecule has 2 N–H and O–H groups in total. The Bertz CT molecular complexity index is 1200. The van der Waals surface area contributed by atoms with Crippen LogP contribution in [0, 0.1) is 0 Å². The summed E-state index contributed by atoms with van der Waals surface area (Å²) in [6.45, 7) is 0.287. The van der Waals surface area contributed by atoms with E-state index in [4.69, 9.17) is 11.6 Å². The highest BCUT2D eigenvalue weighted by atomic mass is 35.5. The number of carbonyl (C=O) groups is 2. The summed E-state index contributed by atoms with van der Waals surface area (Å²) in [6.07, 6.45) is 9.28. The van der Waals surface area contributed by atoms with Gasteiger partial charge in [-0.2, -0.15) is 5.10 Å². The molecule has 8 heteroatoms. The van der Waals surface area contributed by atoms with Crippen LogP contribution in [0.1, 0.15) is 48.0 Å². The molecule has 0 unspecified atom stereocenters. The number of aromatic hydroxyl groups is 1. The number of likely N-dealkylation sites (N-methyl/N-ethyl adjacent to an activating group) is 1. The number of phenolic OH excluding ortho intramolecular Hbond substituents is 1. The van der Waals surface area contributed by atoms with Crippen molar-refractivity contribution in [2.24, 2.45) is 5.10 Å². The number of carbonyl (C=O) groups excluding carboxylic acids is 2. The van der Waals surface area contributed by atoms with Crippen molar-refractivity contribution in [1.29, 1.82) is 0 Å². The van der Waals surface area contributed by atoms with E-state index < -0.39 is 5.91 Å². The molecule has 0 radical (unpaired) electrons. The number of halogens is 1. The summed E-state index contributed by atoms with van der Waals surface area (Å²) in [5.41, 5.74) is 4.52. The number of nitrogens with zero attached hydrogens (tertiary/aromatic N) is 3. The summed E-state index contributed by atoms with van der Waals surface area (Å²) in [5, 5.41) is 14.6. The lowest BCUT2D eigenvalue weighted by molar-refractivity contribution is -0.133. The van der Waals surface area contributed by atoms with Gasteiger partial charge in [-0.1, -0.05) is 43.0 Å². The lowest BCUT2D eigenvalue weighted by atomic mass is 9.94. The first-order valence-corrected chi connectivity index (χ1v) is 11.5. The maximum atomic E-state index is 12.9. The fourth-order valence-electron chi connectivity index (χ4n) is 4.30. The fourth-order valence-corrected chi connectivity index (χ4v) is 4.48. The number of phenols is 1. The standard InChI is InChI=1S/C25H27ClN4O3/c1-29(19-7-3-2-4-8-19)24(32)16-30-13-12-20-18(6-5-9-22(20)30)15-27-28-25(33)17-10-11-23(31)21(26)14-17/h5-6,9-15,19,31H,2-4,7-8,16H2,1H3,(H,28,33). The normalized spacial score (nSPS) is 14.6. The van der Waals surface area contributed by atoms with Crippen LogP contribution in [0.5, 0.6) is 5.75 Å². The predicted octanol–water partition coefficient (Wildman–Crippen LogP) is 4.56. The second-order valence-electron chi connectivity index (χ2n) is 8.39. The molecule has 4 rings (SSSR count). The minimum Gasteiger partial charge on any atom is -0.506 e. The van der Waals surface area contributed by atoms with Crippen LogP contribution in [-0.2, 0) is 11.3 Å². The van der Waals surface area contributed by atoms with Crippen molar-refractivity contribution in [3.05, 3.63) is 64.8 Å². The van der Waals surface area contributed by atoms with Crippen LogP contribution in [-0.4, -0.2) is 45.7 Å². The highest BCUT2D eigenvalue weighted by Crippen LogP contribution is 2.24. The van der Waals surface area contributed by atoms with Crippen LogP contribution in [0.2, 0.25) is 5.02 Å². The lowest BCUT2D eigenvalue weighted by Crippen LogP contribution is -2.40. The Kier molecular flexibility index (Phi) is 6.99. The van der Waals surface area contributed by atoms with Gasteiger partial charge in [-0.05, 0) is 43.2 Å². The monoisotopic (exact) mass is 466 g/mol. The molecule has 0 atom stereocenters. The first kappa shape index (κ1) is 22.9. The first-order valence-electron chi connectivity index (χ1n) is 11.1. The number of amides is 2. The molecular formula is C25H27ClN4O3. The van der Waals surface area contributed by atoms with Gasteiger partial charge in [0.2, 0.25) is 5.91 Å². The Hall–Kier alpha value is -3.32. The molecule has 2 aromatic carbocycles. The molecule has 1 aliphatic carbocycles. The summed E-state index contributed by atoms with van der Waals surface area (Å²) in [4.78, 5) is 27.0. The zero-order chi connectivity index (χ0) is 23.4. The molecule has 7 nitrogen and oxygen atoms in total. The summed E-state index contributed by atoms with van der Waals surface area (Å²) in [6, 6.07) is 12.3. The van der Waals surface area contributed by atoms with Crippen molar-refractivity contribution >= 4 is 40.5 Å². The SMILES string of the molecule is CN(C(=O)Cn1ccc2c(C=NNC(=O)c3ccc(O)c(Cl)c3)cccc21)C1CCCCC1. The smallest absolute Gasteiger partial charge is 0.271 e. The van der Waals surface area contributed by atoms with Crippen LogP contribution >= 0.6 is 11.6 Å².